The Morgan fingerprint density at radius 1 is 1.14 bits per heavy atom. The van der Waals surface area contributed by atoms with Crippen molar-refractivity contribution in [3.63, 3.8) is 0 Å². The SMILES string of the molecule is CCCCc1ccc2c(c1)CN(C(C)=O)c1ccccc1-2. The van der Waals surface area contributed by atoms with Gasteiger partial charge in [-0.3, -0.25) is 4.79 Å². The summed E-state index contributed by atoms with van der Waals surface area (Å²) >= 11 is 0. The van der Waals surface area contributed by atoms with Crippen LogP contribution in [0.4, 0.5) is 5.69 Å². The largest absolute Gasteiger partial charge is 0.308 e. The summed E-state index contributed by atoms with van der Waals surface area (Å²) in [7, 11) is 0. The van der Waals surface area contributed by atoms with Crippen LogP contribution < -0.4 is 4.90 Å². The molecule has 2 nitrogen and oxygen atoms in total. The molecule has 3 rings (SSSR count). The van der Waals surface area contributed by atoms with Gasteiger partial charge in [0.15, 0.2) is 0 Å². The summed E-state index contributed by atoms with van der Waals surface area (Å²) in [6.07, 6.45) is 3.54. The van der Waals surface area contributed by atoms with E-state index in [-0.39, 0.29) is 5.91 Å². The zero-order valence-electron chi connectivity index (χ0n) is 12.7. The van der Waals surface area contributed by atoms with E-state index in [0.29, 0.717) is 6.54 Å². The fraction of sp³-hybridized carbons (Fsp3) is 0.316. The molecule has 1 amide bonds. The Morgan fingerprint density at radius 2 is 1.95 bits per heavy atom. The van der Waals surface area contributed by atoms with Gasteiger partial charge >= 0.3 is 0 Å². The van der Waals surface area contributed by atoms with Gasteiger partial charge in [-0.15, -0.1) is 0 Å². The molecule has 2 aromatic rings. The Hall–Kier alpha value is -2.09. The normalized spacial score (nSPS) is 12.8. The third kappa shape index (κ3) is 2.58. The summed E-state index contributed by atoms with van der Waals surface area (Å²) in [5.41, 5.74) is 6.09. The van der Waals surface area contributed by atoms with Crippen LogP contribution in [-0.4, -0.2) is 5.91 Å². The van der Waals surface area contributed by atoms with E-state index in [2.05, 4.69) is 31.2 Å². The van der Waals surface area contributed by atoms with E-state index in [1.165, 1.54) is 29.5 Å². The molecular weight excluding hydrogens is 258 g/mol. The number of carbonyl (C=O) groups excluding carboxylic acids is 1. The second kappa shape index (κ2) is 5.72. The average Bonchev–Trinajstić information content (AvgIpc) is 2.51. The van der Waals surface area contributed by atoms with E-state index in [9.17, 15) is 4.79 Å². The van der Waals surface area contributed by atoms with Crippen LogP contribution in [0.5, 0.6) is 0 Å². The number of hydrogen-bond donors (Lipinski definition) is 0. The molecule has 0 bridgehead atoms. The van der Waals surface area contributed by atoms with E-state index in [4.69, 9.17) is 0 Å². The number of hydrogen-bond acceptors (Lipinski definition) is 1. The number of amides is 1. The van der Waals surface area contributed by atoms with E-state index in [1.807, 2.05) is 23.1 Å². The molecule has 1 aliphatic heterocycles. The van der Waals surface area contributed by atoms with Gasteiger partial charge in [0.25, 0.3) is 0 Å². The first-order valence-electron chi connectivity index (χ1n) is 7.70. The van der Waals surface area contributed by atoms with Crippen molar-refractivity contribution in [1.82, 2.24) is 0 Å². The third-order valence-electron chi connectivity index (χ3n) is 4.18. The third-order valence-corrected chi connectivity index (χ3v) is 4.18. The second-order valence-corrected chi connectivity index (χ2v) is 5.72. The van der Waals surface area contributed by atoms with Gasteiger partial charge < -0.3 is 4.90 Å². The summed E-state index contributed by atoms with van der Waals surface area (Å²) in [6.45, 7) is 4.54. The van der Waals surface area contributed by atoms with Crippen molar-refractivity contribution in [3.8, 4) is 11.1 Å². The molecule has 0 N–H and O–H groups in total. The van der Waals surface area contributed by atoms with Gasteiger partial charge in [0.2, 0.25) is 5.91 Å². The van der Waals surface area contributed by atoms with E-state index in [1.54, 1.807) is 6.92 Å². The van der Waals surface area contributed by atoms with Gasteiger partial charge in [0.1, 0.15) is 0 Å². The molecule has 0 aliphatic carbocycles. The molecule has 0 spiro atoms. The van der Waals surface area contributed by atoms with Crippen molar-refractivity contribution in [3.05, 3.63) is 53.6 Å². The number of rotatable bonds is 3. The van der Waals surface area contributed by atoms with Gasteiger partial charge in [-0.05, 0) is 35.6 Å². The first-order chi connectivity index (χ1) is 10.2. The minimum Gasteiger partial charge on any atom is -0.308 e. The van der Waals surface area contributed by atoms with Gasteiger partial charge in [0.05, 0.1) is 12.2 Å². The molecule has 0 atom stereocenters. The van der Waals surface area contributed by atoms with Crippen LogP contribution in [0.25, 0.3) is 11.1 Å². The predicted octanol–water partition coefficient (Wildman–Crippen LogP) is 4.56. The molecule has 2 aromatic carbocycles. The van der Waals surface area contributed by atoms with E-state index in [0.717, 1.165) is 17.7 Å². The number of para-hydroxylation sites is 1. The molecule has 1 aliphatic rings. The maximum absolute atomic E-state index is 12.0. The Labute approximate surface area is 126 Å². The van der Waals surface area contributed by atoms with Crippen LogP contribution in [0.1, 0.15) is 37.8 Å². The Balaban J connectivity index is 2.06. The number of benzene rings is 2. The number of aryl methyl sites for hydroxylation is 1. The zero-order valence-corrected chi connectivity index (χ0v) is 12.7. The topological polar surface area (TPSA) is 20.3 Å². The summed E-state index contributed by atoms with van der Waals surface area (Å²) in [4.78, 5) is 13.8. The monoisotopic (exact) mass is 279 g/mol. The minimum atomic E-state index is 0.104. The number of unbranched alkanes of at least 4 members (excludes halogenated alkanes) is 1. The Morgan fingerprint density at radius 3 is 2.71 bits per heavy atom. The first kappa shape index (κ1) is 13.9. The minimum absolute atomic E-state index is 0.104. The fourth-order valence-corrected chi connectivity index (χ4v) is 3.05. The highest BCUT2D eigenvalue weighted by atomic mass is 16.2. The van der Waals surface area contributed by atoms with Gasteiger partial charge in [0, 0.05) is 12.5 Å². The van der Waals surface area contributed by atoms with Crippen molar-refractivity contribution >= 4 is 11.6 Å². The van der Waals surface area contributed by atoms with Crippen molar-refractivity contribution < 1.29 is 4.79 Å². The highest BCUT2D eigenvalue weighted by molar-refractivity contribution is 5.99. The molecule has 0 aromatic heterocycles. The van der Waals surface area contributed by atoms with Crippen LogP contribution in [0.2, 0.25) is 0 Å². The first-order valence-corrected chi connectivity index (χ1v) is 7.70. The summed E-state index contributed by atoms with van der Waals surface area (Å²) in [5, 5.41) is 0. The molecule has 2 heteroatoms. The van der Waals surface area contributed by atoms with Crippen molar-refractivity contribution in [2.24, 2.45) is 0 Å². The lowest BCUT2D eigenvalue weighted by Gasteiger charge is -2.30. The van der Waals surface area contributed by atoms with Crippen molar-refractivity contribution in [1.29, 1.82) is 0 Å². The van der Waals surface area contributed by atoms with E-state index >= 15 is 0 Å². The molecule has 108 valence electrons. The van der Waals surface area contributed by atoms with Gasteiger partial charge in [-0.25, -0.2) is 0 Å². The van der Waals surface area contributed by atoms with Gasteiger partial charge in [-0.1, -0.05) is 49.7 Å². The lowest BCUT2D eigenvalue weighted by molar-refractivity contribution is -0.116. The van der Waals surface area contributed by atoms with Crippen LogP contribution in [0.3, 0.4) is 0 Å². The van der Waals surface area contributed by atoms with Gasteiger partial charge in [-0.2, -0.15) is 0 Å². The molecule has 0 radical (unpaired) electrons. The molecule has 0 unspecified atom stereocenters. The smallest absolute Gasteiger partial charge is 0.224 e. The summed E-state index contributed by atoms with van der Waals surface area (Å²) in [6, 6.07) is 14.9. The van der Waals surface area contributed by atoms with Crippen molar-refractivity contribution in [2.75, 3.05) is 4.90 Å². The standard InChI is InChI=1S/C19H21NO/c1-3-4-7-15-10-11-17-16(12-15)13-20(14(2)21)19-9-6-5-8-18(17)19/h5-6,8-12H,3-4,7,13H2,1-2H3. The van der Waals surface area contributed by atoms with Crippen LogP contribution >= 0.6 is 0 Å². The average molecular weight is 279 g/mol. The highest BCUT2D eigenvalue weighted by Crippen LogP contribution is 2.39. The highest BCUT2D eigenvalue weighted by Gasteiger charge is 2.24. The predicted molar refractivity (Wildman–Crippen MR) is 87.4 cm³/mol. The second-order valence-electron chi connectivity index (χ2n) is 5.72. The molecule has 0 saturated carbocycles. The van der Waals surface area contributed by atoms with Crippen LogP contribution in [0, 0.1) is 0 Å². The molecule has 21 heavy (non-hydrogen) atoms. The quantitative estimate of drug-likeness (QED) is 0.806. The Bertz CT molecular complexity index is 675. The fourth-order valence-electron chi connectivity index (χ4n) is 3.05. The zero-order chi connectivity index (χ0) is 14.8. The molecular formula is C19H21NO. The Kier molecular flexibility index (Phi) is 3.78. The lowest BCUT2D eigenvalue weighted by Crippen LogP contribution is -2.30. The number of fused-ring (bicyclic) bond motifs is 3. The number of nitrogens with zero attached hydrogens (tertiary/aromatic N) is 1. The van der Waals surface area contributed by atoms with Crippen LogP contribution in [-0.2, 0) is 17.8 Å². The molecule has 0 saturated heterocycles. The van der Waals surface area contributed by atoms with E-state index < -0.39 is 0 Å². The van der Waals surface area contributed by atoms with Crippen molar-refractivity contribution in [2.45, 2.75) is 39.7 Å². The maximum atomic E-state index is 12.0. The lowest BCUT2D eigenvalue weighted by atomic mass is 9.91. The van der Waals surface area contributed by atoms with Crippen LogP contribution in [0.15, 0.2) is 42.5 Å². The maximum Gasteiger partial charge on any atom is 0.224 e. The molecule has 1 heterocycles. The number of anilines is 1. The molecule has 0 fully saturated rings. The summed E-state index contributed by atoms with van der Waals surface area (Å²) < 4.78 is 0. The number of carbonyl (C=O) groups is 1. The summed E-state index contributed by atoms with van der Waals surface area (Å²) in [5.74, 6) is 0.104.